The minimum atomic E-state index is -0.722. The van der Waals surface area contributed by atoms with E-state index in [1.807, 2.05) is 0 Å². The second-order valence-corrected chi connectivity index (χ2v) is 6.29. The van der Waals surface area contributed by atoms with E-state index in [0.717, 1.165) is 12.1 Å². The number of benzene rings is 2. The molecule has 9 heteroatoms. The van der Waals surface area contributed by atoms with Crippen molar-refractivity contribution in [3.05, 3.63) is 59.8 Å². The number of aromatic nitrogens is 4. The van der Waals surface area contributed by atoms with Crippen molar-refractivity contribution in [2.24, 2.45) is 0 Å². The molecule has 2 heterocycles. The van der Waals surface area contributed by atoms with E-state index in [1.54, 1.807) is 31.2 Å². The summed E-state index contributed by atoms with van der Waals surface area (Å²) >= 11 is 0. The van der Waals surface area contributed by atoms with Crippen molar-refractivity contribution >= 4 is 16.7 Å². The number of nitrogens with zero attached hydrogens (tertiary/aromatic N) is 4. The zero-order valence-electron chi connectivity index (χ0n) is 15.4. The standard InChI is InChI=1S/C20H17F2N5O2/c1-2-29-11-7-14(21)13(15(22)8-11)10-27-16-6-4-3-5-12(16)18(26-27)20-24-9-17(28)19(23)25-20/h3-9,28H,2,10H2,1H3,(H2,23,24,25). The monoisotopic (exact) mass is 397 g/mol. The molecular weight excluding hydrogens is 380 g/mol. The van der Waals surface area contributed by atoms with E-state index < -0.39 is 11.6 Å². The van der Waals surface area contributed by atoms with Gasteiger partial charge in [-0.3, -0.25) is 4.68 Å². The molecule has 4 aromatic rings. The molecule has 2 aromatic heterocycles. The molecule has 0 fully saturated rings. The molecule has 29 heavy (non-hydrogen) atoms. The molecule has 2 aromatic carbocycles. The van der Waals surface area contributed by atoms with E-state index in [9.17, 15) is 13.9 Å². The maximum atomic E-state index is 14.5. The van der Waals surface area contributed by atoms with Gasteiger partial charge in [-0.2, -0.15) is 5.10 Å². The van der Waals surface area contributed by atoms with Crippen molar-refractivity contribution in [2.75, 3.05) is 12.3 Å². The maximum Gasteiger partial charge on any atom is 0.182 e. The number of rotatable bonds is 5. The van der Waals surface area contributed by atoms with Crippen LogP contribution in [-0.4, -0.2) is 31.5 Å². The maximum absolute atomic E-state index is 14.5. The van der Waals surface area contributed by atoms with Crippen LogP contribution in [0.4, 0.5) is 14.6 Å². The van der Waals surface area contributed by atoms with Gasteiger partial charge >= 0.3 is 0 Å². The van der Waals surface area contributed by atoms with E-state index in [1.165, 1.54) is 10.9 Å². The van der Waals surface area contributed by atoms with Crippen LogP contribution in [0.25, 0.3) is 22.4 Å². The Bertz CT molecular complexity index is 1190. The predicted octanol–water partition coefficient (Wildman–Crippen LogP) is 3.51. The highest BCUT2D eigenvalue weighted by Crippen LogP contribution is 2.29. The quantitative estimate of drug-likeness (QED) is 0.535. The van der Waals surface area contributed by atoms with Gasteiger partial charge in [-0.05, 0) is 13.0 Å². The molecular formula is C20H17F2N5O2. The third-order valence-corrected chi connectivity index (χ3v) is 4.40. The van der Waals surface area contributed by atoms with Crippen LogP contribution in [0.5, 0.6) is 11.5 Å². The highest BCUT2D eigenvalue weighted by atomic mass is 19.1. The Morgan fingerprint density at radius 2 is 1.90 bits per heavy atom. The minimum Gasteiger partial charge on any atom is -0.503 e. The molecule has 148 valence electrons. The van der Waals surface area contributed by atoms with Gasteiger partial charge in [0.15, 0.2) is 17.4 Å². The van der Waals surface area contributed by atoms with Crippen LogP contribution in [0.2, 0.25) is 0 Å². The fraction of sp³-hybridized carbons (Fsp3) is 0.150. The molecule has 0 aliphatic heterocycles. The molecule has 3 N–H and O–H groups in total. The van der Waals surface area contributed by atoms with Crippen LogP contribution < -0.4 is 10.5 Å². The van der Waals surface area contributed by atoms with Gasteiger partial charge in [0.2, 0.25) is 0 Å². The lowest BCUT2D eigenvalue weighted by Crippen LogP contribution is -2.07. The lowest BCUT2D eigenvalue weighted by Gasteiger charge is -2.09. The van der Waals surface area contributed by atoms with E-state index in [4.69, 9.17) is 10.5 Å². The van der Waals surface area contributed by atoms with Gasteiger partial charge in [-0.15, -0.1) is 0 Å². The molecule has 0 aliphatic carbocycles. The summed E-state index contributed by atoms with van der Waals surface area (Å²) in [7, 11) is 0. The summed E-state index contributed by atoms with van der Waals surface area (Å²) in [5.74, 6) is -1.44. The Kier molecular flexibility index (Phi) is 4.71. The van der Waals surface area contributed by atoms with Gasteiger partial charge in [0.1, 0.15) is 23.1 Å². The van der Waals surface area contributed by atoms with Crippen LogP contribution in [0.1, 0.15) is 12.5 Å². The van der Waals surface area contributed by atoms with Crippen molar-refractivity contribution in [2.45, 2.75) is 13.5 Å². The molecule has 0 saturated carbocycles. The number of fused-ring (bicyclic) bond motifs is 1. The Balaban J connectivity index is 1.81. The molecule has 0 spiro atoms. The average Bonchev–Trinajstić information content (AvgIpc) is 3.06. The molecule has 0 amide bonds. The Morgan fingerprint density at radius 3 is 2.59 bits per heavy atom. The summed E-state index contributed by atoms with van der Waals surface area (Å²) in [4.78, 5) is 8.12. The summed E-state index contributed by atoms with van der Waals surface area (Å²) in [6.07, 6.45) is 1.18. The van der Waals surface area contributed by atoms with Crippen LogP contribution in [0.15, 0.2) is 42.6 Å². The molecule has 7 nitrogen and oxygen atoms in total. The topological polar surface area (TPSA) is 99.1 Å². The molecule has 0 saturated heterocycles. The molecule has 4 rings (SSSR count). The first kappa shape index (κ1) is 18.6. The first-order valence-electron chi connectivity index (χ1n) is 8.86. The molecule has 0 unspecified atom stereocenters. The number of nitrogens with two attached hydrogens (primary N) is 1. The third-order valence-electron chi connectivity index (χ3n) is 4.40. The number of hydrogen-bond acceptors (Lipinski definition) is 6. The van der Waals surface area contributed by atoms with Gasteiger partial charge < -0.3 is 15.6 Å². The van der Waals surface area contributed by atoms with Crippen molar-refractivity contribution in [1.82, 2.24) is 19.7 Å². The van der Waals surface area contributed by atoms with E-state index in [0.29, 0.717) is 23.2 Å². The summed E-state index contributed by atoms with van der Waals surface area (Å²) < 4.78 is 35.7. The first-order valence-corrected chi connectivity index (χ1v) is 8.86. The summed E-state index contributed by atoms with van der Waals surface area (Å²) in [5.41, 5.74) is 6.56. The zero-order chi connectivity index (χ0) is 20.5. The van der Waals surface area contributed by atoms with E-state index in [-0.39, 0.29) is 35.2 Å². The zero-order valence-corrected chi connectivity index (χ0v) is 15.4. The number of anilines is 1. The van der Waals surface area contributed by atoms with Gasteiger partial charge in [-0.25, -0.2) is 18.7 Å². The normalized spacial score (nSPS) is 11.1. The van der Waals surface area contributed by atoms with Gasteiger partial charge in [0.05, 0.1) is 24.9 Å². The summed E-state index contributed by atoms with van der Waals surface area (Å²) in [5, 5.41) is 14.7. The molecule has 0 aliphatic rings. The largest absolute Gasteiger partial charge is 0.503 e. The predicted molar refractivity (Wildman–Crippen MR) is 103 cm³/mol. The summed E-state index contributed by atoms with van der Waals surface area (Å²) in [6, 6.07) is 9.48. The Hall–Kier alpha value is -3.75. The molecule has 0 radical (unpaired) electrons. The summed E-state index contributed by atoms with van der Waals surface area (Å²) in [6.45, 7) is 1.90. The fourth-order valence-corrected chi connectivity index (χ4v) is 3.05. The first-order chi connectivity index (χ1) is 14.0. The van der Waals surface area contributed by atoms with Crippen molar-refractivity contribution in [3.8, 4) is 23.0 Å². The SMILES string of the molecule is CCOc1cc(F)c(Cn2nc(-c3ncc(O)c(N)n3)c3ccccc32)c(F)c1. The van der Waals surface area contributed by atoms with Crippen LogP contribution in [0.3, 0.4) is 0 Å². The van der Waals surface area contributed by atoms with Crippen molar-refractivity contribution in [3.63, 3.8) is 0 Å². The average molecular weight is 397 g/mol. The van der Waals surface area contributed by atoms with E-state index >= 15 is 0 Å². The minimum absolute atomic E-state index is 0.0859. The lowest BCUT2D eigenvalue weighted by molar-refractivity contribution is 0.335. The highest BCUT2D eigenvalue weighted by molar-refractivity contribution is 5.91. The molecule has 0 bridgehead atoms. The van der Waals surface area contributed by atoms with Gasteiger partial charge in [0.25, 0.3) is 0 Å². The highest BCUT2D eigenvalue weighted by Gasteiger charge is 2.19. The number of hydrogen-bond donors (Lipinski definition) is 2. The third kappa shape index (κ3) is 3.42. The molecule has 0 atom stereocenters. The lowest BCUT2D eigenvalue weighted by atomic mass is 10.1. The second-order valence-electron chi connectivity index (χ2n) is 6.29. The van der Waals surface area contributed by atoms with Gasteiger partial charge in [0, 0.05) is 23.1 Å². The van der Waals surface area contributed by atoms with Crippen LogP contribution >= 0.6 is 0 Å². The number of para-hydroxylation sites is 1. The number of aromatic hydroxyl groups is 1. The Labute approximate surface area is 164 Å². The van der Waals surface area contributed by atoms with Crippen molar-refractivity contribution in [1.29, 1.82) is 0 Å². The number of halogens is 2. The fourth-order valence-electron chi connectivity index (χ4n) is 3.05. The van der Waals surface area contributed by atoms with Crippen LogP contribution in [0, 0.1) is 11.6 Å². The smallest absolute Gasteiger partial charge is 0.182 e. The second kappa shape index (κ2) is 7.34. The Morgan fingerprint density at radius 1 is 1.17 bits per heavy atom. The van der Waals surface area contributed by atoms with Gasteiger partial charge in [-0.1, -0.05) is 18.2 Å². The number of nitrogen functional groups attached to an aromatic ring is 1. The van der Waals surface area contributed by atoms with Crippen molar-refractivity contribution < 1.29 is 18.6 Å². The van der Waals surface area contributed by atoms with Crippen LogP contribution in [-0.2, 0) is 6.54 Å². The van der Waals surface area contributed by atoms with E-state index in [2.05, 4.69) is 15.1 Å². The number of ether oxygens (including phenoxy) is 1.